The van der Waals surface area contributed by atoms with Gasteiger partial charge in [0.05, 0.1) is 18.8 Å². The van der Waals surface area contributed by atoms with Gasteiger partial charge >= 0.3 is 5.97 Å². The number of aromatic carboxylic acids is 1. The second kappa shape index (κ2) is 7.62. The molecule has 0 unspecified atom stereocenters. The molecule has 0 aliphatic carbocycles. The first-order valence-corrected chi connectivity index (χ1v) is 5.78. The number of aryl methyl sites for hydroxylation is 1. The molecule has 1 rings (SSSR count). The Balaban J connectivity index is 2.40. The van der Waals surface area contributed by atoms with Crippen LogP contribution in [0.2, 0.25) is 0 Å². The Morgan fingerprint density at radius 1 is 1.44 bits per heavy atom. The molecular formula is C12H18N2O4. The van der Waals surface area contributed by atoms with Crippen LogP contribution >= 0.6 is 0 Å². The summed E-state index contributed by atoms with van der Waals surface area (Å²) in [4.78, 5) is 15.0. The van der Waals surface area contributed by atoms with Crippen molar-refractivity contribution in [1.29, 1.82) is 0 Å². The van der Waals surface area contributed by atoms with Gasteiger partial charge in [-0.25, -0.2) is 9.78 Å². The van der Waals surface area contributed by atoms with Gasteiger partial charge in [-0.15, -0.1) is 0 Å². The smallest absolute Gasteiger partial charge is 0.335 e. The number of aliphatic hydroxyl groups is 1. The van der Waals surface area contributed by atoms with E-state index in [2.05, 4.69) is 10.3 Å². The van der Waals surface area contributed by atoms with E-state index in [0.29, 0.717) is 31.3 Å². The number of ether oxygens (including phenoxy) is 1. The summed E-state index contributed by atoms with van der Waals surface area (Å²) < 4.78 is 5.10. The summed E-state index contributed by atoms with van der Waals surface area (Å²) in [6.07, 6.45) is 0.762. The van der Waals surface area contributed by atoms with Gasteiger partial charge in [-0.05, 0) is 25.5 Å². The first-order chi connectivity index (χ1) is 8.63. The molecule has 6 nitrogen and oxygen atoms in total. The second-order valence-corrected chi connectivity index (χ2v) is 3.80. The largest absolute Gasteiger partial charge is 0.478 e. The van der Waals surface area contributed by atoms with Gasteiger partial charge in [0.1, 0.15) is 5.82 Å². The quantitative estimate of drug-likeness (QED) is 0.597. The molecule has 0 atom stereocenters. The van der Waals surface area contributed by atoms with E-state index in [0.717, 1.165) is 6.42 Å². The normalized spacial score (nSPS) is 10.3. The number of nitrogens with one attached hydrogen (secondary N) is 1. The van der Waals surface area contributed by atoms with Gasteiger partial charge in [0, 0.05) is 18.8 Å². The minimum atomic E-state index is -0.963. The fourth-order valence-electron chi connectivity index (χ4n) is 1.44. The van der Waals surface area contributed by atoms with Crippen molar-refractivity contribution in [3.8, 4) is 0 Å². The number of hydrogen-bond donors (Lipinski definition) is 3. The maximum atomic E-state index is 10.9. The molecule has 0 amide bonds. The van der Waals surface area contributed by atoms with Crippen molar-refractivity contribution in [3.05, 3.63) is 23.4 Å². The summed E-state index contributed by atoms with van der Waals surface area (Å²) in [6, 6.07) is 3.03. The Morgan fingerprint density at radius 2 is 2.22 bits per heavy atom. The zero-order valence-electron chi connectivity index (χ0n) is 10.3. The summed E-state index contributed by atoms with van der Waals surface area (Å²) in [7, 11) is 0. The number of carbonyl (C=O) groups is 1. The van der Waals surface area contributed by atoms with E-state index >= 15 is 0 Å². The molecule has 100 valence electrons. The number of carboxylic acids is 1. The van der Waals surface area contributed by atoms with Crippen LogP contribution in [0.15, 0.2) is 12.1 Å². The Hall–Kier alpha value is -1.66. The zero-order valence-corrected chi connectivity index (χ0v) is 10.3. The fourth-order valence-corrected chi connectivity index (χ4v) is 1.44. The maximum absolute atomic E-state index is 10.9. The number of pyridine rings is 1. The van der Waals surface area contributed by atoms with Crippen LogP contribution in [0.4, 0.5) is 5.82 Å². The topological polar surface area (TPSA) is 91.7 Å². The van der Waals surface area contributed by atoms with Crippen molar-refractivity contribution >= 4 is 11.8 Å². The summed E-state index contributed by atoms with van der Waals surface area (Å²) in [5.41, 5.74) is 0.885. The van der Waals surface area contributed by atoms with Crippen LogP contribution in [-0.4, -0.2) is 47.5 Å². The molecule has 0 fully saturated rings. The average molecular weight is 254 g/mol. The lowest BCUT2D eigenvalue weighted by Crippen LogP contribution is -2.09. The Morgan fingerprint density at radius 3 is 2.89 bits per heavy atom. The lowest BCUT2D eigenvalue weighted by Gasteiger charge is -2.07. The second-order valence-electron chi connectivity index (χ2n) is 3.80. The molecule has 1 aromatic heterocycles. The highest BCUT2D eigenvalue weighted by Gasteiger charge is 2.05. The van der Waals surface area contributed by atoms with Gasteiger partial charge in [0.15, 0.2) is 0 Å². The van der Waals surface area contributed by atoms with E-state index < -0.39 is 5.97 Å². The Bertz CT molecular complexity index is 396. The summed E-state index contributed by atoms with van der Waals surface area (Å²) in [5, 5.41) is 20.5. The van der Waals surface area contributed by atoms with Gasteiger partial charge < -0.3 is 20.3 Å². The van der Waals surface area contributed by atoms with Crippen molar-refractivity contribution in [3.63, 3.8) is 0 Å². The van der Waals surface area contributed by atoms with E-state index in [-0.39, 0.29) is 12.2 Å². The molecular weight excluding hydrogens is 236 g/mol. The van der Waals surface area contributed by atoms with E-state index in [4.69, 9.17) is 14.9 Å². The minimum absolute atomic E-state index is 0.0227. The van der Waals surface area contributed by atoms with E-state index in [1.54, 1.807) is 6.92 Å². The van der Waals surface area contributed by atoms with Crippen molar-refractivity contribution in [2.75, 3.05) is 31.7 Å². The number of hydrogen-bond acceptors (Lipinski definition) is 5. The van der Waals surface area contributed by atoms with Gasteiger partial charge in [-0.1, -0.05) is 0 Å². The summed E-state index contributed by atoms with van der Waals surface area (Å²) in [6.45, 7) is 3.30. The zero-order chi connectivity index (χ0) is 13.4. The molecule has 0 aromatic carbocycles. The third-order valence-electron chi connectivity index (χ3n) is 2.21. The molecule has 0 aliphatic rings. The van der Waals surface area contributed by atoms with Crippen LogP contribution in [0.5, 0.6) is 0 Å². The van der Waals surface area contributed by atoms with Crippen molar-refractivity contribution in [2.24, 2.45) is 0 Å². The third-order valence-corrected chi connectivity index (χ3v) is 2.21. The highest BCUT2D eigenvalue weighted by Crippen LogP contribution is 2.10. The number of aromatic nitrogens is 1. The molecule has 1 aromatic rings. The first kappa shape index (κ1) is 14.4. The van der Waals surface area contributed by atoms with Crippen LogP contribution in [0, 0.1) is 6.92 Å². The van der Waals surface area contributed by atoms with Crippen LogP contribution in [0.25, 0.3) is 0 Å². The number of aliphatic hydroxyl groups excluding tert-OH is 1. The number of rotatable bonds is 8. The molecule has 0 aliphatic heterocycles. The predicted molar refractivity (Wildman–Crippen MR) is 66.9 cm³/mol. The predicted octanol–water partition coefficient (Wildman–Crippen LogP) is 0.899. The monoisotopic (exact) mass is 254 g/mol. The lowest BCUT2D eigenvalue weighted by molar-refractivity contribution is 0.0696. The molecule has 0 saturated heterocycles. The minimum Gasteiger partial charge on any atom is -0.478 e. The maximum Gasteiger partial charge on any atom is 0.335 e. The summed E-state index contributed by atoms with van der Waals surface area (Å²) >= 11 is 0. The van der Waals surface area contributed by atoms with Gasteiger partial charge in [-0.3, -0.25) is 0 Å². The molecule has 6 heteroatoms. The molecule has 1 heterocycles. The fraction of sp³-hybridized carbons (Fsp3) is 0.500. The molecule has 0 radical (unpaired) electrons. The molecule has 3 N–H and O–H groups in total. The molecule has 18 heavy (non-hydrogen) atoms. The molecule has 0 bridgehead atoms. The molecule has 0 spiro atoms. The highest BCUT2D eigenvalue weighted by molar-refractivity contribution is 5.88. The van der Waals surface area contributed by atoms with Gasteiger partial charge in [0.2, 0.25) is 0 Å². The van der Waals surface area contributed by atoms with Gasteiger partial charge in [0.25, 0.3) is 0 Å². The van der Waals surface area contributed by atoms with E-state index in [1.165, 1.54) is 12.1 Å². The molecule has 0 saturated carbocycles. The Kier molecular flexibility index (Phi) is 6.10. The SMILES string of the molecule is Cc1cc(C(=O)O)cc(NCCCOCCO)n1. The third kappa shape index (κ3) is 5.11. The van der Waals surface area contributed by atoms with Crippen LogP contribution < -0.4 is 5.32 Å². The Labute approximate surface area is 106 Å². The number of nitrogens with zero attached hydrogens (tertiary/aromatic N) is 1. The van der Waals surface area contributed by atoms with Crippen LogP contribution in [-0.2, 0) is 4.74 Å². The van der Waals surface area contributed by atoms with Gasteiger partial charge in [-0.2, -0.15) is 0 Å². The standard InChI is InChI=1S/C12H18N2O4/c1-9-7-10(12(16)17)8-11(14-9)13-3-2-5-18-6-4-15/h7-8,15H,2-6H2,1H3,(H,13,14)(H,16,17). The number of anilines is 1. The van der Waals surface area contributed by atoms with Crippen molar-refractivity contribution in [1.82, 2.24) is 4.98 Å². The van der Waals surface area contributed by atoms with E-state index in [9.17, 15) is 4.79 Å². The van der Waals surface area contributed by atoms with Crippen LogP contribution in [0.3, 0.4) is 0 Å². The van der Waals surface area contributed by atoms with Crippen molar-refractivity contribution < 1.29 is 19.7 Å². The number of carboxylic acid groups (broad SMARTS) is 1. The van der Waals surface area contributed by atoms with E-state index in [1.807, 2.05) is 0 Å². The van der Waals surface area contributed by atoms with Crippen molar-refractivity contribution in [2.45, 2.75) is 13.3 Å². The first-order valence-electron chi connectivity index (χ1n) is 5.78. The van der Waals surface area contributed by atoms with Crippen LogP contribution in [0.1, 0.15) is 22.5 Å². The lowest BCUT2D eigenvalue weighted by atomic mass is 10.2. The highest BCUT2D eigenvalue weighted by atomic mass is 16.5. The average Bonchev–Trinajstić information content (AvgIpc) is 2.33. The summed E-state index contributed by atoms with van der Waals surface area (Å²) in [5.74, 6) is -0.413.